The van der Waals surface area contributed by atoms with Crippen molar-refractivity contribution in [3.63, 3.8) is 0 Å². The van der Waals surface area contributed by atoms with Gasteiger partial charge in [-0.05, 0) is 48.2 Å². The third-order valence-electron chi connectivity index (χ3n) is 4.55. The van der Waals surface area contributed by atoms with E-state index < -0.39 is 0 Å². The summed E-state index contributed by atoms with van der Waals surface area (Å²) in [5.41, 5.74) is 5.69. The van der Waals surface area contributed by atoms with Gasteiger partial charge in [0, 0.05) is 31.2 Å². The van der Waals surface area contributed by atoms with E-state index in [0.29, 0.717) is 11.5 Å². The van der Waals surface area contributed by atoms with Crippen molar-refractivity contribution in [2.75, 3.05) is 0 Å². The van der Waals surface area contributed by atoms with Crippen LogP contribution in [0.3, 0.4) is 0 Å². The Labute approximate surface area is 157 Å². The van der Waals surface area contributed by atoms with Crippen LogP contribution in [0.15, 0.2) is 61.1 Å². The second-order valence-corrected chi connectivity index (χ2v) is 6.43. The van der Waals surface area contributed by atoms with Crippen molar-refractivity contribution in [3.8, 4) is 23.1 Å². The fraction of sp³-hybridized carbons (Fsp3) is 0.143. The Morgan fingerprint density at radius 2 is 1.93 bits per heavy atom. The molecular weight excluding hydrogens is 336 g/mol. The van der Waals surface area contributed by atoms with Crippen LogP contribution in [0.25, 0.3) is 17.1 Å². The van der Waals surface area contributed by atoms with Gasteiger partial charge in [0.1, 0.15) is 11.8 Å². The van der Waals surface area contributed by atoms with E-state index in [4.69, 9.17) is 0 Å². The van der Waals surface area contributed by atoms with Gasteiger partial charge in [-0.2, -0.15) is 15.5 Å². The second kappa shape index (κ2) is 6.89. The zero-order valence-corrected chi connectivity index (χ0v) is 15.2. The lowest BCUT2D eigenvalue weighted by Gasteiger charge is -2.12. The highest BCUT2D eigenvalue weighted by atomic mass is 15.3. The Kier molecular flexibility index (Phi) is 4.27. The van der Waals surface area contributed by atoms with E-state index in [1.54, 1.807) is 15.6 Å². The van der Waals surface area contributed by atoms with Crippen molar-refractivity contribution < 1.29 is 0 Å². The van der Waals surface area contributed by atoms with Gasteiger partial charge in [0.05, 0.1) is 5.69 Å². The van der Waals surface area contributed by atoms with Crippen molar-refractivity contribution in [1.29, 1.82) is 5.26 Å². The fourth-order valence-corrected chi connectivity index (χ4v) is 3.09. The first-order valence-corrected chi connectivity index (χ1v) is 8.63. The van der Waals surface area contributed by atoms with Gasteiger partial charge in [-0.1, -0.05) is 24.3 Å². The summed E-state index contributed by atoms with van der Waals surface area (Å²) in [7, 11) is 1.91. The summed E-state index contributed by atoms with van der Waals surface area (Å²) >= 11 is 0. The monoisotopic (exact) mass is 354 g/mol. The number of hydrogen-bond donors (Lipinski definition) is 0. The minimum Gasteiger partial charge on any atom is -0.275 e. The van der Waals surface area contributed by atoms with E-state index in [2.05, 4.69) is 45.5 Å². The number of hydrogen-bond acceptors (Lipinski definition) is 4. The highest BCUT2D eigenvalue weighted by Crippen LogP contribution is 2.22. The summed E-state index contributed by atoms with van der Waals surface area (Å²) in [6.07, 6.45) is 6.20. The van der Waals surface area contributed by atoms with Crippen LogP contribution in [0, 0.1) is 18.3 Å². The van der Waals surface area contributed by atoms with Crippen LogP contribution >= 0.6 is 0 Å². The van der Waals surface area contributed by atoms with E-state index in [1.807, 2.05) is 44.6 Å². The molecule has 0 saturated carbocycles. The molecule has 3 aromatic heterocycles. The number of aryl methyl sites for hydroxylation is 1. The van der Waals surface area contributed by atoms with E-state index in [0.717, 1.165) is 28.8 Å². The van der Waals surface area contributed by atoms with Crippen molar-refractivity contribution in [2.24, 2.45) is 7.05 Å². The number of aromatic nitrogens is 5. The summed E-state index contributed by atoms with van der Waals surface area (Å²) in [6, 6.07) is 16.2. The molecule has 0 fully saturated rings. The molecule has 0 aliphatic carbocycles. The molecular formula is C21H18N6. The molecule has 3 heterocycles. The summed E-state index contributed by atoms with van der Waals surface area (Å²) < 4.78 is 3.49. The van der Waals surface area contributed by atoms with Crippen LogP contribution < -0.4 is 0 Å². The van der Waals surface area contributed by atoms with Crippen LogP contribution in [-0.4, -0.2) is 24.5 Å². The molecule has 6 nitrogen and oxygen atoms in total. The Morgan fingerprint density at radius 3 is 2.56 bits per heavy atom. The van der Waals surface area contributed by atoms with Crippen molar-refractivity contribution in [1.82, 2.24) is 24.5 Å². The van der Waals surface area contributed by atoms with Gasteiger partial charge in [0.2, 0.25) is 0 Å². The first-order valence-electron chi connectivity index (χ1n) is 8.63. The minimum atomic E-state index is 0.395. The standard InChI is InChI=1S/C21H18N6/c1-15-18(13-19(14-22)24-21(15)27-10-3-9-23-27)12-16-4-6-17(7-5-16)20-8-11-26(2)25-20/h3-11,13H,12H2,1-2H3. The van der Waals surface area contributed by atoms with Crippen LogP contribution in [-0.2, 0) is 13.5 Å². The number of rotatable bonds is 4. The summed E-state index contributed by atoms with van der Waals surface area (Å²) in [6.45, 7) is 2.02. The molecule has 0 spiro atoms. The van der Waals surface area contributed by atoms with E-state index in [-0.39, 0.29) is 0 Å². The molecule has 132 valence electrons. The molecule has 0 aliphatic heterocycles. The Bertz CT molecular complexity index is 1110. The number of pyridine rings is 1. The zero-order chi connectivity index (χ0) is 18.8. The number of nitriles is 1. The van der Waals surface area contributed by atoms with E-state index >= 15 is 0 Å². The highest BCUT2D eigenvalue weighted by molar-refractivity contribution is 5.59. The average molecular weight is 354 g/mol. The number of nitrogens with zero attached hydrogens (tertiary/aromatic N) is 6. The Morgan fingerprint density at radius 1 is 1.11 bits per heavy atom. The van der Waals surface area contributed by atoms with Gasteiger partial charge in [-0.3, -0.25) is 4.68 Å². The van der Waals surface area contributed by atoms with Crippen LogP contribution in [0.1, 0.15) is 22.4 Å². The molecule has 0 radical (unpaired) electrons. The summed E-state index contributed by atoms with van der Waals surface area (Å²) in [5, 5.41) is 18.0. The Hall–Kier alpha value is -3.72. The largest absolute Gasteiger partial charge is 0.275 e. The Balaban J connectivity index is 1.66. The molecule has 6 heteroatoms. The van der Waals surface area contributed by atoms with Crippen LogP contribution in [0.4, 0.5) is 0 Å². The summed E-state index contributed by atoms with van der Waals surface area (Å²) in [4.78, 5) is 4.42. The molecule has 0 N–H and O–H groups in total. The third kappa shape index (κ3) is 3.35. The van der Waals surface area contributed by atoms with Crippen molar-refractivity contribution in [3.05, 3.63) is 83.4 Å². The van der Waals surface area contributed by atoms with E-state index in [1.165, 1.54) is 5.56 Å². The van der Waals surface area contributed by atoms with Crippen LogP contribution in [0.2, 0.25) is 0 Å². The second-order valence-electron chi connectivity index (χ2n) is 6.43. The molecule has 0 bridgehead atoms. The number of benzene rings is 1. The molecule has 0 unspecified atom stereocenters. The lowest BCUT2D eigenvalue weighted by Crippen LogP contribution is -2.06. The predicted molar refractivity (Wildman–Crippen MR) is 102 cm³/mol. The lowest BCUT2D eigenvalue weighted by atomic mass is 9.99. The lowest BCUT2D eigenvalue weighted by molar-refractivity contribution is 0.771. The molecule has 0 amide bonds. The fourth-order valence-electron chi connectivity index (χ4n) is 3.09. The van der Waals surface area contributed by atoms with Crippen molar-refractivity contribution in [2.45, 2.75) is 13.3 Å². The minimum absolute atomic E-state index is 0.395. The van der Waals surface area contributed by atoms with Gasteiger partial charge in [-0.15, -0.1) is 0 Å². The average Bonchev–Trinajstić information content (AvgIpc) is 3.36. The van der Waals surface area contributed by atoms with Crippen molar-refractivity contribution >= 4 is 0 Å². The third-order valence-corrected chi connectivity index (χ3v) is 4.55. The van der Waals surface area contributed by atoms with Gasteiger partial charge >= 0.3 is 0 Å². The quantitative estimate of drug-likeness (QED) is 0.563. The topological polar surface area (TPSA) is 72.3 Å². The van der Waals surface area contributed by atoms with Crippen LogP contribution in [0.5, 0.6) is 0 Å². The molecule has 27 heavy (non-hydrogen) atoms. The summed E-state index contributed by atoms with van der Waals surface area (Å²) in [5.74, 6) is 0.694. The van der Waals surface area contributed by atoms with E-state index in [9.17, 15) is 5.26 Å². The maximum Gasteiger partial charge on any atom is 0.158 e. The van der Waals surface area contributed by atoms with Gasteiger partial charge in [-0.25, -0.2) is 9.67 Å². The molecule has 0 saturated heterocycles. The molecule has 4 aromatic rings. The molecule has 0 atom stereocenters. The molecule has 4 rings (SSSR count). The van der Waals surface area contributed by atoms with Gasteiger partial charge in [0.25, 0.3) is 0 Å². The molecule has 0 aliphatic rings. The normalized spacial score (nSPS) is 10.7. The maximum absolute atomic E-state index is 9.35. The van der Waals surface area contributed by atoms with Gasteiger partial charge in [0.15, 0.2) is 5.82 Å². The highest BCUT2D eigenvalue weighted by Gasteiger charge is 2.12. The first kappa shape index (κ1) is 16.7. The SMILES string of the molecule is Cc1c(Cc2ccc(-c3ccn(C)n3)cc2)cc(C#N)nc1-n1cccn1. The smallest absolute Gasteiger partial charge is 0.158 e. The molecule has 1 aromatic carbocycles. The maximum atomic E-state index is 9.35. The zero-order valence-electron chi connectivity index (χ0n) is 15.2. The predicted octanol–water partition coefficient (Wildman–Crippen LogP) is 3.44. The van der Waals surface area contributed by atoms with Gasteiger partial charge < -0.3 is 0 Å². The first-order chi connectivity index (χ1) is 13.1.